The van der Waals surface area contributed by atoms with Gasteiger partial charge in [0.25, 0.3) is 0 Å². The molecule has 0 radical (unpaired) electrons. The summed E-state index contributed by atoms with van der Waals surface area (Å²) in [5.41, 5.74) is -0.500. The maximum atomic E-state index is 12.2. The summed E-state index contributed by atoms with van der Waals surface area (Å²) in [5.74, 6) is 0.710. The highest BCUT2D eigenvalue weighted by molar-refractivity contribution is 9.10. The number of hydrogen-bond donors (Lipinski definition) is 0. The minimum atomic E-state index is -0.500. The molecule has 0 bridgehead atoms. The van der Waals surface area contributed by atoms with Crippen molar-refractivity contribution in [3.8, 4) is 5.88 Å². The minimum absolute atomic E-state index is 0.0749. The summed E-state index contributed by atoms with van der Waals surface area (Å²) in [6.07, 6.45) is 1.38. The molecule has 1 amide bonds. The third-order valence-electron chi connectivity index (χ3n) is 2.95. The monoisotopic (exact) mass is 345 g/mol. The minimum Gasteiger partial charge on any atom is -0.475 e. The van der Waals surface area contributed by atoms with E-state index in [2.05, 4.69) is 21.0 Å². The van der Waals surface area contributed by atoms with Gasteiger partial charge in [0.15, 0.2) is 0 Å². The predicted octanol–water partition coefficient (Wildman–Crippen LogP) is 2.66. The standard InChI is InChI=1S/C13H20BrN3O3/c1-5-16(12(18)20-13(2,3)4)9-7-17-11(19-8-9)10(14)6-15-17/h6,9H,5,7-8H2,1-4H3. The molecule has 20 heavy (non-hydrogen) atoms. The average molecular weight is 346 g/mol. The van der Waals surface area contributed by atoms with Crippen molar-refractivity contribution in [3.63, 3.8) is 0 Å². The van der Waals surface area contributed by atoms with E-state index < -0.39 is 5.60 Å². The number of nitrogens with zero attached hydrogens (tertiary/aromatic N) is 3. The number of halogens is 1. The number of likely N-dealkylation sites (N-methyl/N-ethyl adjacent to an activating group) is 1. The summed E-state index contributed by atoms with van der Waals surface area (Å²) >= 11 is 3.38. The summed E-state index contributed by atoms with van der Waals surface area (Å²) in [4.78, 5) is 13.9. The molecular weight excluding hydrogens is 326 g/mol. The smallest absolute Gasteiger partial charge is 0.410 e. The Hall–Kier alpha value is -1.24. The van der Waals surface area contributed by atoms with Gasteiger partial charge >= 0.3 is 6.09 Å². The van der Waals surface area contributed by atoms with Crippen LogP contribution >= 0.6 is 15.9 Å². The van der Waals surface area contributed by atoms with E-state index >= 15 is 0 Å². The van der Waals surface area contributed by atoms with Crippen LogP contribution in [0.3, 0.4) is 0 Å². The number of fused-ring (bicyclic) bond motifs is 1. The first kappa shape index (κ1) is 15.2. The molecule has 0 saturated heterocycles. The average Bonchev–Trinajstić information content (AvgIpc) is 2.69. The van der Waals surface area contributed by atoms with Crippen molar-refractivity contribution in [3.05, 3.63) is 10.7 Å². The van der Waals surface area contributed by atoms with Crippen LogP contribution in [0.25, 0.3) is 0 Å². The van der Waals surface area contributed by atoms with Gasteiger partial charge in [-0.15, -0.1) is 0 Å². The van der Waals surface area contributed by atoms with E-state index in [1.165, 1.54) is 0 Å². The quantitative estimate of drug-likeness (QED) is 0.826. The van der Waals surface area contributed by atoms with Gasteiger partial charge < -0.3 is 14.4 Å². The number of carbonyl (C=O) groups is 1. The van der Waals surface area contributed by atoms with Crippen LogP contribution in [0, 0.1) is 0 Å². The van der Waals surface area contributed by atoms with Gasteiger partial charge in [0.2, 0.25) is 5.88 Å². The molecule has 0 fully saturated rings. The Bertz CT molecular complexity index is 496. The first-order chi connectivity index (χ1) is 9.31. The van der Waals surface area contributed by atoms with Crippen molar-refractivity contribution in [2.45, 2.75) is 45.9 Å². The second-order valence-corrected chi connectivity index (χ2v) is 6.57. The molecule has 1 aliphatic heterocycles. The molecule has 0 aliphatic carbocycles. The van der Waals surface area contributed by atoms with Gasteiger partial charge in [0.05, 0.1) is 23.3 Å². The van der Waals surface area contributed by atoms with Gasteiger partial charge in [-0.3, -0.25) is 0 Å². The van der Waals surface area contributed by atoms with E-state index in [9.17, 15) is 4.79 Å². The summed E-state index contributed by atoms with van der Waals surface area (Å²) in [6, 6.07) is -0.0749. The van der Waals surface area contributed by atoms with Crippen molar-refractivity contribution < 1.29 is 14.3 Å². The second-order valence-electron chi connectivity index (χ2n) is 5.71. The predicted molar refractivity (Wildman–Crippen MR) is 77.8 cm³/mol. The Morgan fingerprint density at radius 3 is 2.95 bits per heavy atom. The molecule has 1 aromatic heterocycles. The topological polar surface area (TPSA) is 56.6 Å². The highest BCUT2D eigenvalue weighted by Gasteiger charge is 2.32. The van der Waals surface area contributed by atoms with Gasteiger partial charge in [-0.2, -0.15) is 5.10 Å². The zero-order valence-corrected chi connectivity index (χ0v) is 13.8. The van der Waals surface area contributed by atoms with E-state index in [4.69, 9.17) is 9.47 Å². The van der Waals surface area contributed by atoms with E-state index in [0.29, 0.717) is 25.6 Å². The summed E-state index contributed by atoms with van der Waals surface area (Å²) < 4.78 is 13.7. The van der Waals surface area contributed by atoms with E-state index in [0.717, 1.165) is 4.47 Å². The van der Waals surface area contributed by atoms with Gasteiger partial charge in [-0.25, -0.2) is 9.48 Å². The van der Waals surface area contributed by atoms with Crippen LogP contribution in [-0.2, 0) is 11.3 Å². The van der Waals surface area contributed by atoms with Crippen molar-refractivity contribution in [2.24, 2.45) is 0 Å². The lowest BCUT2D eigenvalue weighted by Crippen LogP contribution is -2.49. The summed E-state index contributed by atoms with van der Waals surface area (Å²) in [7, 11) is 0. The van der Waals surface area contributed by atoms with E-state index in [1.54, 1.807) is 15.8 Å². The first-order valence-electron chi connectivity index (χ1n) is 6.65. The molecule has 0 saturated carbocycles. The zero-order chi connectivity index (χ0) is 14.9. The fourth-order valence-corrected chi connectivity index (χ4v) is 2.51. The van der Waals surface area contributed by atoms with Crippen molar-refractivity contribution in [1.29, 1.82) is 0 Å². The van der Waals surface area contributed by atoms with Crippen LogP contribution in [0.15, 0.2) is 10.7 Å². The molecule has 0 spiro atoms. The summed E-state index contributed by atoms with van der Waals surface area (Å²) in [6.45, 7) is 9.13. The Balaban J connectivity index is 2.08. The van der Waals surface area contributed by atoms with Gasteiger partial charge in [-0.05, 0) is 43.6 Å². The van der Waals surface area contributed by atoms with Gasteiger partial charge in [0.1, 0.15) is 12.2 Å². The third kappa shape index (κ3) is 3.26. The zero-order valence-electron chi connectivity index (χ0n) is 12.2. The number of rotatable bonds is 2. The molecule has 1 aromatic rings. The number of aromatic nitrogens is 2. The van der Waals surface area contributed by atoms with Crippen molar-refractivity contribution in [1.82, 2.24) is 14.7 Å². The molecular formula is C13H20BrN3O3. The molecule has 1 atom stereocenters. The third-order valence-corrected chi connectivity index (χ3v) is 3.50. The van der Waals surface area contributed by atoms with Crippen LogP contribution in [0.2, 0.25) is 0 Å². The molecule has 2 heterocycles. The molecule has 2 rings (SSSR count). The Kier molecular flexibility index (Phi) is 4.27. The van der Waals surface area contributed by atoms with E-state index in [1.807, 2.05) is 27.7 Å². The van der Waals surface area contributed by atoms with Crippen LogP contribution in [0.4, 0.5) is 4.79 Å². The highest BCUT2D eigenvalue weighted by atomic mass is 79.9. The van der Waals surface area contributed by atoms with Crippen LogP contribution in [-0.4, -0.2) is 45.6 Å². The molecule has 112 valence electrons. The number of ether oxygens (including phenoxy) is 2. The molecule has 0 N–H and O–H groups in total. The number of hydrogen-bond acceptors (Lipinski definition) is 4. The largest absolute Gasteiger partial charge is 0.475 e. The molecule has 1 unspecified atom stereocenters. The van der Waals surface area contributed by atoms with Crippen LogP contribution in [0.5, 0.6) is 5.88 Å². The Morgan fingerprint density at radius 1 is 1.65 bits per heavy atom. The maximum Gasteiger partial charge on any atom is 0.410 e. The molecule has 1 aliphatic rings. The lowest BCUT2D eigenvalue weighted by Gasteiger charge is -2.34. The van der Waals surface area contributed by atoms with Crippen molar-refractivity contribution >= 4 is 22.0 Å². The fourth-order valence-electron chi connectivity index (χ4n) is 2.10. The lowest BCUT2D eigenvalue weighted by molar-refractivity contribution is 0.00436. The highest BCUT2D eigenvalue weighted by Crippen LogP contribution is 2.28. The Labute approximate surface area is 127 Å². The van der Waals surface area contributed by atoms with Gasteiger partial charge in [0, 0.05) is 6.54 Å². The normalized spacial score (nSPS) is 18.1. The first-order valence-corrected chi connectivity index (χ1v) is 7.45. The molecule has 0 aromatic carbocycles. The van der Waals surface area contributed by atoms with Crippen LogP contribution in [0.1, 0.15) is 27.7 Å². The SMILES string of the molecule is CCN(C(=O)OC(C)(C)C)C1COc2c(Br)cnn2C1. The molecule has 7 heteroatoms. The Morgan fingerprint density at radius 2 is 2.35 bits per heavy atom. The fraction of sp³-hybridized carbons (Fsp3) is 0.692. The van der Waals surface area contributed by atoms with E-state index in [-0.39, 0.29) is 12.1 Å². The number of amides is 1. The maximum absolute atomic E-state index is 12.2. The second kappa shape index (κ2) is 5.63. The number of carbonyl (C=O) groups excluding carboxylic acids is 1. The van der Waals surface area contributed by atoms with Crippen molar-refractivity contribution in [2.75, 3.05) is 13.2 Å². The van der Waals surface area contributed by atoms with Crippen LogP contribution < -0.4 is 4.74 Å². The molecule has 6 nitrogen and oxygen atoms in total. The summed E-state index contributed by atoms with van der Waals surface area (Å²) in [5, 5.41) is 4.22. The van der Waals surface area contributed by atoms with Gasteiger partial charge in [-0.1, -0.05) is 0 Å². The lowest BCUT2D eigenvalue weighted by atomic mass is 10.2.